The van der Waals surface area contributed by atoms with Gasteiger partial charge in [-0.05, 0) is 43.0 Å². The summed E-state index contributed by atoms with van der Waals surface area (Å²) in [5, 5.41) is 2.58. The van der Waals surface area contributed by atoms with Crippen molar-refractivity contribution in [2.45, 2.75) is 38.9 Å². The van der Waals surface area contributed by atoms with Crippen LogP contribution in [-0.4, -0.2) is 29.4 Å². The Balaban J connectivity index is 1.66. The van der Waals surface area contributed by atoms with E-state index in [4.69, 9.17) is 0 Å². The van der Waals surface area contributed by atoms with E-state index in [0.717, 1.165) is 19.1 Å². The molecule has 1 fully saturated rings. The first-order valence-corrected chi connectivity index (χ1v) is 7.01. The second-order valence-corrected chi connectivity index (χ2v) is 5.29. The highest BCUT2D eigenvalue weighted by molar-refractivity contribution is 6.37. The fraction of sp³-hybridized carbons (Fsp3) is 0.467. The summed E-state index contributed by atoms with van der Waals surface area (Å²) in [6, 6.07) is 6.56. The van der Waals surface area contributed by atoms with Gasteiger partial charge in [0.05, 0.1) is 6.61 Å². The predicted molar refractivity (Wildman–Crippen MR) is 74.0 cm³/mol. The standard InChI is InChI=1S/C15H18N2O3/c1-2-20-15(19)14(18)16-12-4-3-10-8-17(13-5-6-13)9-11(10)7-12/h3-4,7,13H,2,5-6,8-9H2,1H3,(H,16,18). The normalized spacial score (nSPS) is 17.6. The van der Waals surface area contributed by atoms with E-state index in [1.165, 1.54) is 24.0 Å². The van der Waals surface area contributed by atoms with Gasteiger partial charge in [0, 0.05) is 24.8 Å². The van der Waals surface area contributed by atoms with E-state index in [2.05, 4.69) is 15.0 Å². The van der Waals surface area contributed by atoms with Crippen molar-refractivity contribution < 1.29 is 14.3 Å². The molecule has 0 radical (unpaired) electrons. The van der Waals surface area contributed by atoms with Crippen LogP contribution in [0.4, 0.5) is 5.69 Å². The van der Waals surface area contributed by atoms with E-state index in [1.54, 1.807) is 6.92 Å². The molecule has 0 unspecified atom stereocenters. The van der Waals surface area contributed by atoms with Gasteiger partial charge >= 0.3 is 11.9 Å². The monoisotopic (exact) mass is 274 g/mol. The number of benzene rings is 1. The number of hydrogen-bond acceptors (Lipinski definition) is 4. The van der Waals surface area contributed by atoms with Gasteiger partial charge in [-0.25, -0.2) is 4.79 Å². The van der Waals surface area contributed by atoms with Gasteiger partial charge < -0.3 is 10.1 Å². The largest absolute Gasteiger partial charge is 0.459 e. The van der Waals surface area contributed by atoms with E-state index < -0.39 is 11.9 Å². The first-order chi connectivity index (χ1) is 9.67. The molecule has 1 amide bonds. The number of amides is 1. The number of hydrogen-bond donors (Lipinski definition) is 1. The van der Waals surface area contributed by atoms with E-state index in [0.29, 0.717) is 5.69 Å². The van der Waals surface area contributed by atoms with Crippen molar-refractivity contribution in [2.24, 2.45) is 0 Å². The van der Waals surface area contributed by atoms with Crippen LogP contribution in [0.2, 0.25) is 0 Å². The molecule has 1 heterocycles. The SMILES string of the molecule is CCOC(=O)C(=O)Nc1ccc2c(c1)CN(C1CC1)C2. The Morgan fingerprint density at radius 1 is 1.30 bits per heavy atom. The Bertz CT molecular complexity index is 552. The summed E-state index contributed by atoms with van der Waals surface area (Å²) < 4.78 is 4.67. The molecule has 3 rings (SSSR count). The second kappa shape index (κ2) is 5.25. The Morgan fingerprint density at radius 3 is 2.75 bits per heavy atom. The molecule has 0 spiro atoms. The van der Waals surface area contributed by atoms with Crippen LogP contribution in [0, 0.1) is 0 Å². The number of esters is 1. The number of carbonyl (C=O) groups is 2. The third-order valence-electron chi connectivity index (χ3n) is 3.74. The number of carbonyl (C=O) groups excluding carboxylic acids is 2. The molecule has 1 aromatic rings. The summed E-state index contributed by atoms with van der Waals surface area (Å²) in [5.41, 5.74) is 3.20. The Morgan fingerprint density at radius 2 is 2.05 bits per heavy atom. The maximum atomic E-state index is 11.6. The number of nitrogens with one attached hydrogen (secondary N) is 1. The van der Waals surface area contributed by atoms with E-state index in [9.17, 15) is 9.59 Å². The maximum Gasteiger partial charge on any atom is 0.397 e. The van der Waals surface area contributed by atoms with Gasteiger partial charge in [0.25, 0.3) is 0 Å². The highest BCUT2D eigenvalue weighted by atomic mass is 16.5. The van der Waals surface area contributed by atoms with E-state index >= 15 is 0 Å². The molecule has 106 valence electrons. The quantitative estimate of drug-likeness (QED) is 0.673. The molecule has 5 heteroatoms. The minimum Gasteiger partial charge on any atom is -0.459 e. The number of anilines is 1. The molecule has 0 atom stereocenters. The zero-order valence-electron chi connectivity index (χ0n) is 11.5. The first kappa shape index (κ1) is 13.1. The molecular weight excluding hydrogens is 256 g/mol. The number of rotatable bonds is 3. The van der Waals surface area contributed by atoms with Crippen LogP contribution in [0.25, 0.3) is 0 Å². The lowest BCUT2D eigenvalue weighted by Gasteiger charge is -2.12. The minimum absolute atomic E-state index is 0.201. The summed E-state index contributed by atoms with van der Waals surface area (Å²) in [6.07, 6.45) is 2.58. The van der Waals surface area contributed by atoms with Crippen molar-refractivity contribution in [1.29, 1.82) is 0 Å². The molecule has 5 nitrogen and oxygen atoms in total. The number of nitrogens with zero attached hydrogens (tertiary/aromatic N) is 1. The molecule has 1 aliphatic heterocycles. The third-order valence-corrected chi connectivity index (χ3v) is 3.74. The fourth-order valence-corrected chi connectivity index (χ4v) is 2.58. The smallest absolute Gasteiger partial charge is 0.397 e. The van der Waals surface area contributed by atoms with Gasteiger partial charge in [-0.2, -0.15) is 0 Å². The third kappa shape index (κ3) is 2.67. The van der Waals surface area contributed by atoms with Crippen LogP contribution < -0.4 is 5.32 Å². The van der Waals surface area contributed by atoms with Crippen molar-refractivity contribution in [2.75, 3.05) is 11.9 Å². The zero-order chi connectivity index (χ0) is 14.1. The van der Waals surface area contributed by atoms with Crippen molar-refractivity contribution in [3.8, 4) is 0 Å². The van der Waals surface area contributed by atoms with Gasteiger partial charge in [0.2, 0.25) is 0 Å². The lowest BCUT2D eigenvalue weighted by atomic mass is 10.1. The summed E-state index contributed by atoms with van der Waals surface area (Å²) in [4.78, 5) is 25.3. The molecule has 0 aromatic heterocycles. The average molecular weight is 274 g/mol. The lowest BCUT2D eigenvalue weighted by Crippen LogP contribution is -2.25. The molecule has 2 aliphatic rings. The van der Waals surface area contributed by atoms with Gasteiger partial charge in [0.15, 0.2) is 0 Å². The molecule has 0 bridgehead atoms. The average Bonchev–Trinajstić information content (AvgIpc) is 3.19. The summed E-state index contributed by atoms with van der Waals surface area (Å²) in [7, 11) is 0. The fourth-order valence-electron chi connectivity index (χ4n) is 2.58. The van der Waals surface area contributed by atoms with Crippen molar-refractivity contribution in [3.63, 3.8) is 0 Å². The number of ether oxygens (including phenoxy) is 1. The maximum absolute atomic E-state index is 11.6. The lowest BCUT2D eigenvalue weighted by molar-refractivity contribution is -0.152. The van der Waals surface area contributed by atoms with Gasteiger partial charge in [-0.1, -0.05) is 6.07 Å². The van der Waals surface area contributed by atoms with Crippen LogP contribution in [0.15, 0.2) is 18.2 Å². The van der Waals surface area contributed by atoms with Gasteiger partial charge in [-0.3, -0.25) is 9.69 Å². The van der Waals surface area contributed by atoms with Crippen molar-refractivity contribution in [3.05, 3.63) is 29.3 Å². The van der Waals surface area contributed by atoms with E-state index in [1.807, 2.05) is 18.2 Å². The summed E-state index contributed by atoms with van der Waals surface area (Å²) in [5.74, 6) is -1.56. The molecular formula is C15H18N2O3. The Kier molecular flexibility index (Phi) is 3.44. The molecule has 1 saturated carbocycles. The van der Waals surface area contributed by atoms with Crippen LogP contribution in [0.3, 0.4) is 0 Å². The van der Waals surface area contributed by atoms with Crippen LogP contribution in [0.5, 0.6) is 0 Å². The molecule has 20 heavy (non-hydrogen) atoms. The Labute approximate surface area is 117 Å². The number of fused-ring (bicyclic) bond motifs is 1. The van der Waals surface area contributed by atoms with Crippen LogP contribution in [0.1, 0.15) is 30.9 Å². The first-order valence-electron chi connectivity index (χ1n) is 7.01. The molecule has 0 saturated heterocycles. The predicted octanol–water partition coefficient (Wildman–Crippen LogP) is 1.67. The molecule has 1 aromatic carbocycles. The van der Waals surface area contributed by atoms with E-state index in [-0.39, 0.29) is 6.61 Å². The molecule has 1 aliphatic carbocycles. The highest BCUT2D eigenvalue weighted by Gasteiger charge is 2.32. The van der Waals surface area contributed by atoms with Crippen molar-refractivity contribution in [1.82, 2.24) is 4.90 Å². The highest BCUT2D eigenvalue weighted by Crippen LogP contribution is 2.35. The van der Waals surface area contributed by atoms with Crippen LogP contribution in [-0.2, 0) is 27.4 Å². The zero-order valence-corrected chi connectivity index (χ0v) is 11.5. The minimum atomic E-state index is -0.840. The Hall–Kier alpha value is -1.88. The van der Waals surface area contributed by atoms with Gasteiger partial charge in [-0.15, -0.1) is 0 Å². The second-order valence-electron chi connectivity index (χ2n) is 5.29. The topological polar surface area (TPSA) is 58.6 Å². The van der Waals surface area contributed by atoms with Gasteiger partial charge in [0.1, 0.15) is 0 Å². The molecule has 1 N–H and O–H groups in total. The van der Waals surface area contributed by atoms with Crippen LogP contribution >= 0.6 is 0 Å². The van der Waals surface area contributed by atoms with Crippen molar-refractivity contribution >= 4 is 17.6 Å². The summed E-state index contributed by atoms with van der Waals surface area (Å²) in [6.45, 7) is 3.80. The summed E-state index contributed by atoms with van der Waals surface area (Å²) >= 11 is 0.